The van der Waals surface area contributed by atoms with E-state index < -0.39 is 16.6 Å². The molecule has 1 heterocycles. The molecule has 1 amide bonds. The molecule has 176 valence electrons. The standard InChI is InChI=1S/C28H18FN3O4/c29-19-10-12-22(13-11-19)36-23-15-20(14-21(16-23)32(34)35)30-28(33)25-17-27(18-6-2-1-3-7-18)31-26-9-5-4-8-24(25)26/h1-17H,(H,30,33). The van der Waals surface area contributed by atoms with Gasteiger partial charge in [0.25, 0.3) is 11.6 Å². The van der Waals surface area contributed by atoms with Gasteiger partial charge in [0.05, 0.1) is 33.5 Å². The van der Waals surface area contributed by atoms with Gasteiger partial charge in [-0.2, -0.15) is 0 Å². The molecule has 0 aliphatic heterocycles. The molecule has 0 atom stereocenters. The molecule has 0 unspecified atom stereocenters. The van der Waals surface area contributed by atoms with E-state index in [-0.39, 0.29) is 17.1 Å². The second kappa shape index (κ2) is 9.63. The van der Waals surface area contributed by atoms with Gasteiger partial charge in [0.1, 0.15) is 17.3 Å². The lowest BCUT2D eigenvalue weighted by Gasteiger charge is -2.12. The highest BCUT2D eigenvalue weighted by atomic mass is 19.1. The second-order valence-electron chi connectivity index (χ2n) is 7.92. The van der Waals surface area contributed by atoms with Crippen molar-refractivity contribution in [2.24, 2.45) is 0 Å². The van der Waals surface area contributed by atoms with E-state index in [0.29, 0.717) is 27.9 Å². The summed E-state index contributed by atoms with van der Waals surface area (Å²) in [5.41, 5.74) is 2.39. The monoisotopic (exact) mass is 479 g/mol. The first-order valence-corrected chi connectivity index (χ1v) is 11.0. The third-order valence-electron chi connectivity index (χ3n) is 5.44. The van der Waals surface area contributed by atoms with Crippen molar-refractivity contribution in [1.82, 2.24) is 4.98 Å². The molecule has 0 aliphatic rings. The molecule has 8 heteroatoms. The van der Waals surface area contributed by atoms with Gasteiger partial charge in [-0.3, -0.25) is 14.9 Å². The first kappa shape index (κ1) is 22.7. The fraction of sp³-hybridized carbons (Fsp3) is 0. The maximum atomic E-state index is 13.4. The third-order valence-corrected chi connectivity index (χ3v) is 5.44. The number of nitrogens with zero attached hydrogens (tertiary/aromatic N) is 2. The summed E-state index contributed by atoms with van der Waals surface area (Å²) in [6.45, 7) is 0. The molecule has 0 spiro atoms. The van der Waals surface area contributed by atoms with Crippen LogP contribution in [0.1, 0.15) is 10.4 Å². The number of rotatable bonds is 6. The van der Waals surface area contributed by atoms with Crippen LogP contribution in [0.2, 0.25) is 0 Å². The summed E-state index contributed by atoms with van der Waals surface area (Å²) in [6.07, 6.45) is 0. The molecular formula is C28H18FN3O4. The summed E-state index contributed by atoms with van der Waals surface area (Å²) in [4.78, 5) is 29.0. The first-order valence-electron chi connectivity index (χ1n) is 11.0. The van der Waals surface area contributed by atoms with Crippen molar-refractivity contribution in [1.29, 1.82) is 0 Å². The lowest BCUT2D eigenvalue weighted by Crippen LogP contribution is -2.13. The maximum absolute atomic E-state index is 13.4. The van der Waals surface area contributed by atoms with Crippen molar-refractivity contribution in [3.8, 4) is 22.8 Å². The Kier molecular flexibility index (Phi) is 6.07. The Labute approximate surface area is 205 Å². The number of aromatic nitrogens is 1. The quantitative estimate of drug-likeness (QED) is 0.209. The normalized spacial score (nSPS) is 10.7. The number of fused-ring (bicyclic) bond motifs is 1. The molecule has 0 radical (unpaired) electrons. The van der Waals surface area contributed by atoms with E-state index in [1.165, 1.54) is 42.5 Å². The SMILES string of the molecule is O=C(Nc1cc(Oc2ccc(F)cc2)cc([N+](=O)[O-])c1)c1cc(-c2ccccc2)nc2ccccc12. The van der Waals surface area contributed by atoms with Crippen LogP contribution in [0.3, 0.4) is 0 Å². The van der Waals surface area contributed by atoms with Gasteiger partial charge in [-0.05, 0) is 36.4 Å². The van der Waals surface area contributed by atoms with Gasteiger partial charge in [-0.25, -0.2) is 9.37 Å². The van der Waals surface area contributed by atoms with Gasteiger partial charge in [0.2, 0.25) is 0 Å². The molecule has 1 aromatic heterocycles. The van der Waals surface area contributed by atoms with Crippen molar-refractivity contribution in [2.45, 2.75) is 0 Å². The van der Waals surface area contributed by atoms with Crippen LogP contribution < -0.4 is 10.1 Å². The summed E-state index contributed by atoms with van der Waals surface area (Å²) in [6, 6.07) is 27.6. The number of carbonyl (C=O) groups is 1. The molecule has 36 heavy (non-hydrogen) atoms. The number of benzene rings is 4. The van der Waals surface area contributed by atoms with Crippen molar-refractivity contribution < 1.29 is 18.8 Å². The second-order valence-corrected chi connectivity index (χ2v) is 7.92. The molecule has 0 saturated heterocycles. The minimum absolute atomic E-state index is 0.121. The van der Waals surface area contributed by atoms with Crippen LogP contribution in [0.15, 0.2) is 103 Å². The molecular weight excluding hydrogens is 461 g/mol. The minimum Gasteiger partial charge on any atom is -0.457 e. The topological polar surface area (TPSA) is 94.4 Å². The van der Waals surface area contributed by atoms with Crippen molar-refractivity contribution in [2.75, 3.05) is 5.32 Å². The maximum Gasteiger partial charge on any atom is 0.275 e. The zero-order chi connectivity index (χ0) is 25.1. The zero-order valence-electron chi connectivity index (χ0n) is 18.7. The Balaban J connectivity index is 1.52. The summed E-state index contributed by atoms with van der Waals surface area (Å²) in [5.74, 6) is -0.481. The molecule has 0 bridgehead atoms. The van der Waals surface area contributed by atoms with Crippen LogP contribution in [-0.2, 0) is 0 Å². The number of halogens is 1. The Morgan fingerprint density at radius 3 is 2.33 bits per heavy atom. The number of anilines is 1. The number of hydrogen-bond donors (Lipinski definition) is 1. The number of nitro groups is 1. The molecule has 5 aromatic rings. The number of nitrogens with one attached hydrogen (secondary N) is 1. The Hall–Kier alpha value is -5.11. The van der Waals surface area contributed by atoms with Crippen molar-refractivity contribution in [3.63, 3.8) is 0 Å². The number of nitro benzene ring substituents is 1. The zero-order valence-corrected chi connectivity index (χ0v) is 18.7. The van der Waals surface area contributed by atoms with Crippen molar-refractivity contribution in [3.05, 3.63) is 125 Å². The lowest BCUT2D eigenvalue weighted by molar-refractivity contribution is -0.384. The fourth-order valence-electron chi connectivity index (χ4n) is 3.78. The van der Waals surface area contributed by atoms with Gasteiger partial charge in [-0.1, -0.05) is 48.5 Å². The number of hydrogen-bond acceptors (Lipinski definition) is 5. The molecule has 1 N–H and O–H groups in total. The highest BCUT2D eigenvalue weighted by Crippen LogP contribution is 2.31. The van der Waals surface area contributed by atoms with Crippen LogP contribution in [0, 0.1) is 15.9 Å². The smallest absolute Gasteiger partial charge is 0.275 e. The van der Waals surface area contributed by atoms with Crippen LogP contribution >= 0.6 is 0 Å². The number of para-hydroxylation sites is 1. The minimum atomic E-state index is -0.581. The van der Waals surface area contributed by atoms with Gasteiger partial charge in [0.15, 0.2) is 0 Å². The molecule has 0 saturated carbocycles. The van der Waals surface area contributed by atoms with Gasteiger partial charge in [-0.15, -0.1) is 0 Å². The largest absolute Gasteiger partial charge is 0.457 e. The average Bonchev–Trinajstić information content (AvgIpc) is 2.89. The van der Waals surface area contributed by atoms with Crippen molar-refractivity contribution >= 4 is 28.2 Å². The number of ether oxygens (including phenoxy) is 1. The summed E-state index contributed by atoms with van der Waals surface area (Å²) in [7, 11) is 0. The Morgan fingerprint density at radius 1 is 0.861 bits per heavy atom. The number of amides is 1. The summed E-state index contributed by atoms with van der Waals surface area (Å²) in [5, 5.41) is 14.9. The lowest BCUT2D eigenvalue weighted by atomic mass is 10.0. The first-order chi connectivity index (χ1) is 17.5. The van der Waals surface area contributed by atoms with Gasteiger partial charge >= 0.3 is 0 Å². The summed E-state index contributed by atoms with van der Waals surface area (Å²) < 4.78 is 18.9. The van der Waals surface area contributed by atoms with E-state index in [9.17, 15) is 19.3 Å². The highest BCUT2D eigenvalue weighted by molar-refractivity contribution is 6.13. The molecule has 7 nitrogen and oxygen atoms in total. The predicted molar refractivity (Wildman–Crippen MR) is 135 cm³/mol. The molecule has 0 aliphatic carbocycles. The average molecular weight is 479 g/mol. The Morgan fingerprint density at radius 2 is 1.58 bits per heavy atom. The van der Waals surface area contributed by atoms with E-state index in [2.05, 4.69) is 10.3 Å². The molecule has 5 rings (SSSR count). The van der Waals surface area contributed by atoms with Crippen LogP contribution in [-0.4, -0.2) is 15.8 Å². The highest BCUT2D eigenvalue weighted by Gasteiger charge is 2.17. The molecule has 0 fully saturated rings. The predicted octanol–water partition coefficient (Wildman–Crippen LogP) is 6.99. The van der Waals surface area contributed by atoms with E-state index in [1.54, 1.807) is 12.1 Å². The van der Waals surface area contributed by atoms with E-state index in [0.717, 1.165) is 5.56 Å². The number of carbonyl (C=O) groups excluding carboxylic acids is 1. The van der Waals surface area contributed by atoms with Gasteiger partial charge < -0.3 is 10.1 Å². The van der Waals surface area contributed by atoms with Crippen LogP contribution in [0.25, 0.3) is 22.2 Å². The van der Waals surface area contributed by atoms with E-state index >= 15 is 0 Å². The fourth-order valence-corrected chi connectivity index (χ4v) is 3.78. The van der Waals surface area contributed by atoms with E-state index in [1.807, 2.05) is 48.5 Å². The Bertz CT molecular complexity index is 1590. The number of pyridine rings is 1. The summed E-state index contributed by atoms with van der Waals surface area (Å²) >= 11 is 0. The van der Waals surface area contributed by atoms with Crippen LogP contribution in [0.4, 0.5) is 15.8 Å². The number of non-ortho nitro benzene ring substituents is 1. The van der Waals surface area contributed by atoms with E-state index in [4.69, 9.17) is 4.74 Å². The van der Waals surface area contributed by atoms with Crippen LogP contribution in [0.5, 0.6) is 11.5 Å². The third kappa shape index (κ3) is 4.88. The molecule has 4 aromatic carbocycles. The van der Waals surface area contributed by atoms with Gasteiger partial charge in [0, 0.05) is 23.1 Å².